The molecule has 4 heteroatoms. The summed E-state index contributed by atoms with van der Waals surface area (Å²) in [6.45, 7) is 4.43. The molecule has 4 aliphatic carbocycles. The van der Waals surface area contributed by atoms with Gasteiger partial charge in [-0.1, -0.05) is 13.8 Å². The first kappa shape index (κ1) is 17.3. The Balaban J connectivity index is 1.74. The van der Waals surface area contributed by atoms with Gasteiger partial charge in [-0.2, -0.15) is 0 Å². The second-order valence-corrected chi connectivity index (χ2v) is 10.0. The molecule has 4 aliphatic rings. The minimum atomic E-state index is -0.886. The smallest absolute Gasteiger partial charge is 0.0905 e. The van der Waals surface area contributed by atoms with Crippen LogP contribution in [-0.2, 0) is 0 Å². The molecule has 4 N–H and O–H groups in total. The maximum absolute atomic E-state index is 10.9. The molecule has 0 saturated heterocycles. The first-order chi connectivity index (χ1) is 11.3. The lowest BCUT2D eigenvalue weighted by molar-refractivity contribution is -0.216. The third-order valence-electron chi connectivity index (χ3n) is 9.54. The molecule has 0 aliphatic heterocycles. The first-order valence-electron chi connectivity index (χ1n) is 9.88. The van der Waals surface area contributed by atoms with Crippen LogP contribution in [0, 0.1) is 34.0 Å². The Hall–Kier alpha value is -0.160. The summed E-state index contributed by atoms with van der Waals surface area (Å²) >= 11 is 0. The van der Waals surface area contributed by atoms with Crippen molar-refractivity contribution in [3.8, 4) is 0 Å². The van der Waals surface area contributed by atoms with Crippen LogP contribution >= 0.6 is 0 Å². The van der Waals surface area contributed by atoms with E-state index < -0.39 is 17.1 Å². The second-order valence-electron chi connectivity index (χ2n) is 10.0. The van der Waals surface area contributed by atoms with Crippen molar-refractivity contribution >= 4 is 0 Å². The number of hydrogen-bond acceptors (Lipinski definition) is 4. The van der Waals surface area contributed by atoms with E-state index in [2.05, 4.69) is 13.8 Å². The van der Waals surface area contributed by atoms with Crippen molar-refractivity contribution in [1.82, 2.24) is 0 Å². The molecule has 2 bridgehead atoms. The van der Waals surface area contributed by atoms with Gasteiger partial charge in [0.15, 0.2) is 0 Å². The quantitative estimate of drug-likeness (QED) is 0.621. The van der Waals surface area contributed by atoms with E-state index in [0.717, 1.165) is 44.9 Å². The fourth-order valence-electron chi connectivity index (χ4n) is 7.93. The fraction of sp³-hybridized carbons (Fsp3) is 1.00. The van der Waals surface area contributed by atoms with Crippen molar-refractivity contribution in [1.29, 1.82) is 0 Å². The monoisotopic (exact) mass is 338 g/mol. The van der Waals surface area contributed by atoms with Gasteiger partial charge in [0.1, 0.15) is 0 Å². The lowest BCUT2D eigenvalue weighted by Gasteiger charge is -2.66. The Kier molecular flexibility index (Phi) is 3.73. The molecule has 4 fully saturated rings. The van der Waals surface area contributed by atoms with E-state index in [1.165, 1.54) is 0 Å². The first-order valence-corrected chi connectivity index (χ1v) is 9.88. The van der Waals surface area contributed by atoms with E-state index in [9.17, 15) is 20.4 Å². The number of fused-ring (bicyclic) bond motifs is 2. The van der Waals surface area contributed by atoms with Crippen molar-refractivity contribution in [2.45, 2.75) is 76.9 Å². The van der Waals surface area contributed by atoms with Crippen LogP contribution in [0.1, 0.15) is 65.2 Å². The zero-order chi connectivity index (χ0) is 17.4. The summed E-state index contributed by atoms with van der Waals surface area (Å²) in [4.78, 5) is 0. The normalized spacial score (nSPS) is 59.8. The number of aliphatic hydroxyl groups is 4. The maximum Gasteiger partial charge on any atom is 0.0905 e. The molecule has 0 heterocycles. The molecule has 1 spiro atoms. The fourth-order valence-corrected chi connectivity index (χ4v) is 7.93. The molecule has 8 atom stereocenters. The van der Waals surface area contributed by atoms with Crippen molar-refractivity contribution in [2.24, 2.45) is 34.0 Å². The van der Waals surface area contributed by atoms with Gasteiger partial charge in [0.05, 0.1) is 24.9 Å². The molecular weight excluding hydrogens is 304 g/mol. The Morgan fingerprint density at radius 1 is 0.917 bits per heavy atom. The highest BCUT2D eigenvalue weighted by atomic mass is 16.3. The minimum absolute atomic E-state index is 0.0547. The molecule has 0 aromatic carbocycles. The van der Waals surface area contributed by atoms with E-state index in [0.29, 0.717) is 18.3 Å². The van der Waals surface area contributed by atoms with Gasteiger partial charge in [-0.15, -0.1) is 0 Å². The predicted octanol–water partition coefficient (Wildman–Crippen LogP) is 2.09. The molecule has 0 aromatic rings. The third-order valence-corrected chi connectivity index (χ3v) is 9.54. The molecule has 0 amide bonds. The van der Waals surface area contributed by atoms with Crippen LogP contribution < -0.4 is 0 Å². The van der Waals surface area contributed by atoms with Gasteiger partial charge in [-0.05, 0) is 80.0 Å². The highest BCUT2D eigenvalue weighted by Crippen LogP contribution is 2.75. The molecule has 4 nitrogen and oxygen atoms in total. The lowest BCUT2D eigenvalue weighted by Crippen LogP contribution is -2.63. The van der Waals surface area contributed by atoms with Gasteiger partial charge in [0, 0.05) is 5.41 Å². The van der Waals surface area contributed by atoms with Gasteiger partial charge in [0.25, 0.3) is 0 Å². The minimum Gasteiger partial charge on any atom is -0.396 e. The van der Waals surface area contributed by atoms with Crippen LogP contribution in [0.2, 0.25) is 0 Å². The Bertz CT molecular complexity index is 524. The molecule has 4 rings (SSSR count). The Morgan fingerprint density at radius 2 is 1.67 bits per heavy atom. The van der Waals surface area contributed by atoms with Crippen LogP contribution in [0.4, 0.5) is 0 Å². The molecule has 1 unspecified atom stereocenters. The molecule has 24 heavy (non-hydrogen) atoms. The zero-order valence-corrected chi connectivity index (χ0v) is 15.2. The van der Waals surface area contributed by atoms with E-state index in [-0.39, 0.29) is 30.0 Å². The van der Waals surface area contributed by atoms with Crippen LogP contribution in [0.3, 0.4) is 0 Å². The van der Waals surface area contributed by atoms with Crippen molar-refractivity contribution < 1.29 is 20.4 Å². The van der Waals surface area contributed by atoms with E-state index in [1.54, 1.807) is 0 Å². The van der Waals surface area contributed by atoms with Gasteiger partial charge >= 0.3 is 0 Å². The molecule has 0 aromatic heterocycles. The topological polar surface area (TPSA) is 80.9 Å². The Labute approximate surface area is 145 Å². The lowest BCUT2D eigenvalue weighted by atomic mass is 9.39. The maximum atomic E-state index is 10.9. The number of hydrogen-bond donors (Lipinski definition) is 4. The highest BCUT2D eigenvalue weighted by Gasteiger charge is 2.70. The number of rotatable bonds is 2. The second kappa shape index (κ2) is 5.18. The highest BCUT2D eigenvalue weighted by molar-refractivity contribution is 5.19. The summed E-state index contributed by atoms with van der Waals surface area (Å²) in [7, 11) is 0. The van der Waals surface area contributed by atoms with Gasteiger partial charge in [-0.25, -0.2) is 0 Å². The molecule has 0 radical (unpaired) electrons. The summed E-state index contributed by atoms with van der Waals surface area (Å²) in [5.74, 6) is 1.18. The van der Waals surface area contributed by atoms with E-state index >= 15 is 0 Å². The van der Waals surface area contributed by atoms with Crippen LogP contribution in [0.5, 0.6) is 0 Å². The zero-order valence-electron chi connectivity index (χ0n) is 15.2. The predicted molar refractivity (Wildman–Crippen MR) is 91.2 cm³/mol. The van der Waals surface area contributed by atoms with Gasteiger partial charge in [0.2, 0.25) is 0 Å². The molecule has 4 saturated carbocycles. The van der Waals surface area contributed by atoms with Crippen molar-refractivity contribution in [3.63, 3.8) is 0 Å². The average Bonchev–Trinajstić information content (AvgIpc) is 2.93. The summed E-state index contributed by atoms with van der Waals surface area (Å²) < 4.78 is 0. The SMILES string of the molecule is C[C@@]1(CO)[C@H](O)CC[C@@]2(C)[C@H]1CC[C@H]1C[C@@H]3CC12CC[C@]3(O)CO. The average molecular weight is 338 g/mol. The van der Waals surface area contributed by atoms with E-state index in [1.807, 2.05) is 0 Å². The van der Waals surface area contributed by atoms with Gasteiger partial charge < -0.3 is 20.4 Å². The summed E-state index contributed by atoms with van der Waals surface area (Å²) in [6.07, 6.45) is 7.33. The largest absolute Gasteiger partial charge is 0.396 e. The van der Waals surface area contributed by atoms with Crippen LogP contribution in [0.25, 0.3) is 0 Å². The van der Waals surface area contributed by atoms with Crippen molar-refractivity contribution in [3.05, 3.63) is 0 Å². The Morgan fingerprint density at radius 3 is 2.33 bits per heavy atom. The van der Waals surface area contributed by atoms with Crippen LogP contribution in [0.15, 0.2) is 0 Å². The summed E-state index contributed by atoms with van der Waals surface area (Å²) in [6, 6.07) is 0. The summed E-state index contributed by atoms with van der Waals surface area (Å²) in [5, 5.41) is 41.3. The summed E-state index contributed by atoms with van der Waals surface area (Å²) in [5.41, 5.74) is -0.949. The third kappa shape index (κ3) is 1.84. The standard InChI is InChI=1S/C20H34O4/c1-17(11-21)15-4-3-13-9-14-10-19(13,7-8-20(14,24)12-22)18(15,2)6-5-16(17)23/h13-16,21-24H,3-12H2,1-2H3/t13-,14+,15-,16+,17-,18-,19?,20-/m0/s1. The number of aliphatic hydroxyl groups excluding tert-OH is 3. The van der Waals surface area contributed by atoms with Gasteiger partial charge in [-0.3, -0.25) is 0 Å². The van der Waals surface area contributed by atoms with Crippen LogP contribution in [-0.4, -0.2) is 45.3 Å². The van der Waals surface area contributed by atoms with E-state index in [4.69, 9.17) is 0 Å². The van der Waals surface area contributed by atoms with Crippen molar-refractivity contribution in [2.75, 3.05) is 13.2 Å². The molecular formula is C20H34O4. The molecule has 138 valence electrons.